The van der Waals surface area contributed by atoms with E-state index in [2.05, 4.69) is 5.32 Å². The number of carboxylic acid groups (broad SMARTS) is 1. The van der Waals surface area contributed by atoms with Crippen LogP contribution in [0.5, 0.6) is 0 Å². The predicted octanol–water partition coefficient (Wildman–Crippen LogP) is 2.14. The molecule has 1 aromatic carbocycles. The van der Waals surface area contributed by atoms with Gasteiger partial charge in [0.05, 0.1) is 6.42 Å². The van der Waals surface area contributed by atoms with E-state index in [1.54, 1.807) is 20.8 Å². The Morgan fingerprint density at radius 2 is 1.79 bits per heavy atom. The number of carbonyl (C=O) groups excluding carboxylic acids is 2. The quantitative estimate of drug-likeness (QED) is 0.739. The maximum absolute atomic E-state index is 12.1. The number of benzene rings is 1. The molecule has 0 saturated carbocycles. The van der Waals surface area contributed by atoms with Gasteiger partial charge in [-0.25, -0.2) is 9.59 Å². The summed E-state index contributed by atoms with van der Waals surface area (Å²) in [6.45, 7) is 4.88. The third-order valence-corrected chi connectivity index (χ3v) is 2.82. The number of esters is 1. The number of alkyl carbamates (subject to hydrolysis) is 1. The summed E-state index contributed by atoms with van der Waals surface area (Å²) in [7, 11) is 0. The molecule has 24 heavy (non-hydrogen) atoms. The number of hydrogen-bond donors (Lipinski definition) is 2. The van der Waals surface area contributed by atoms with Crippen LogP contribution in [0.15, 0.2) is 30.3 Å². The Labute approximate surface area is 141 Å². The maximum Gasteiger partial charge on any atom is 0.408 e. The van der Waals surface area contributed by atoms with Gasteiger partial charge in [-0.3, -0.25) is 4.79 Å². The maximum atomic E-state index is 12.1. The normalized spacial score (nSPS) is 12.1. The van der Waals surface area contributed by atoms with E-state index in [4.69, 9.17) is 14.6 Å². The monoisotopic (exact) mass is 337 g/mol. The van der Waals surface area contributed by atoms with E-state index >= 15 is 0 Å². The molecular formula is C17H23NO6. The topological polar surface area (TPSA) is 102 Å². The van der Waals surface area contributed by atoms with E-state index in [-0.39, 0.29) is 19.4 Å². The number of nitrogens with one attached hydrogen (secondary N) is 1. The molecule has 2 N–H and O–H groups in total. The van der Waals surface area contributed by atoms with Crippen LogP contribution >= 0.6 is 0 Å². The van der Waals surface area contributed by atoms with Gasteiger partial charge in [0, 0.05) is 6.42 Å². The lowest BCUT2D eigenvalue weighted by molar-refractivity contribution is -0.148. The molecule has 0 aromatic heterocycles. The van der Waals surface area contributed by atoms with Gasteiger partial charge in [-0.1, -0.05) is 30.3 Å². The van der Waals surface area contributed by atoms with Crippen molar-refractivity contribution in [3.63, 3.8) is 0 Å². The lowest BCUT2D eigenvalue weighted by Gasteiger charge is -2.23. The Morgan fingerprint density at radius 1 is 1.17 bits per heavy atom. The van der Waals surface area contributed by atoms with Crippen LogP contribution in [0.25, 0.3) is 0 Å². The van der Waals surface area contributed by atoms with Crippen molar-refractivity contribution < 1.29 is 29.0 Å². The molecule has 0 radical (unpaired) electrons. The van der Waals surface area contributed by atoms with Crippen LogP contribution in [0.1, 0.15) is 32.8 Å². The third kappa shape index (κ3) is 8.17. The molecule has 0 fully saturated rings. The van der Waals surface area contributed by atoms with Gasteiger partial charge in [0.25, 0.3) is 0 Å². The summed E-state index contributed by atoms with van der Waals surface area (Å²) in [4.78, 5) is 34.6. The summed E-state index contributed by atoms with van der Waals surface area (Å²) in [5.41, 5.74) is 0.128. The number of carbonyl (C=O) groups is 3. The van der Waals surface area contributed by atoms with E-state index in [0.717, 1.165) is 5.56 Å². The molecule has 7 nitrogen and oxygen atoms in total. The molecule has 0 saturated heterocycles. The predicted molar refractivity (Wildman–Crippen MR) is 86.5 cm³/mol. The van der Waals surface area contributed by atoms with Crippen molar-refractivity contribution in [2.75, 3.05) is 6.61 Å². The van der Waals surface area contributed by atoms with Gasteiger partial charge in [0.1, 0.15) is 18.2 Å². The third-order valence-electron chi connectivity index (χ3n) is 2.82. The first-order chi connectivity index (χ1) is 11.2. The van der Waals surface area contributed by atoms with Crippen molar-refractivity contribution in [3.05, 3.63) is 35.9 Å². The average Bonchev–Trinajstić information content (AvgIpc) is 2.45. The lowest BCUT2D eigenvalue weighted by atomic mass is 10.1. The second kappa shape index (κ2) is 8.90. The molecule has 1 aromatic rings. The van der Waals surface area contributed by atoms with Crippen LogP contribution in [0, 0.1) is 0 Å². The molecular weight excluding hydrogens is 314 g/mol. The SMILES string of the molecule is CC(C)(C)OC(=O)N[C@H](Cc1ccccc1)C(=O)OCCC(=O)O. The molecule has 7 heteroatoms. The lowest BCUT2D eigenvalue weighted by Crippen LogP contribution is -2.45. The summed E-state index contributed by atoms with van der Waals surface area (Å²) < 4.78 is 10.1. The van der Waals surface area contributed by atoms with Crippen molar-refractivity contribution in [1.29, 1.82) is 0 Å². The summed E-state index contributed by atoms with van der Waals surface area (Å²) >= 11 is 0. The second-order valence-electron chi connectivity index (χ2n) is 6.20. The van der Waals surface area contributed by atoms with E-state index in [1.165, 1.54) is 0 Å². The Bertz CT molecular complexity index is 564. The second-order valence-corrected chi connectivity index (χ2v) is 6.20. The van der Waals surface area contributed by atoms with Crippen LogP contribution in [0.4, 0.5) is 4.79 Å². The van der Waals surface area contributed by atoms with Gasteiger partial charge in [0.2, 0.25) is 0 Å². The van der Waals surface area contributed by atoms with Crippen LogP contribution in [-0.4, -0.2) is 41.4 Å². The van der Waals surface area contributed by atoms with Gasteiger partial charge < -0.3 is 19.9 Å². The molecule has 0 aliphatic heterocycles. The standard InChI is InChI=1S/C17H23NO6/c1-17(2,3)24-16(22)18-13(11-12-7-5-4-6-8-12)15(21)23-10-9-14(19)20/h4-8,13H,9-11H2,1-3H3,(H,18,22)(H,19,20)/t13-/m1/s1. The molecule has 0 heterocycles. The smallest absolute Gasteiger partial charge is 0.408 e. The van der Waals surface area contributed by atoms with Crippen LogP contribution in [-0.2, 0) is 25.5 Å². The summed E-state index contributed by atoms with van der Waals surface area (Å²) in [5, 5.41) is 11.1. The highest BCUT2D eigenvalue weighted by Gasteiger charge is 2.26. The van der Waals surface area contributed by atoms with Gasteiger partial charge in [0.15, 0.2) is 0 Å². The summed E-state index contributed by atoms with van der Waals surface area (Å²) in [6, 6.07) is 8.13. The van der Waals surface area contributed by atoms with Crippen molar-refractivity contribution in [2.45, 2.75) is 45.3 Å². The molecule has 0 aliphatic rings. The first kappa shape index (κ1) is 19.5. The number of ether oxygens (including phenoxy) is 2. The van der Waals surface area contributed by atoms with Crippen LogP contribution in [0.3, 0.4) is 0 Å². The zero-order valence-corrected chi connectivity index (χ0v) is 14.1. The molecule has 0 spiro atoms. The first-order valence-electron chi connectivity index (χ1n) is 7.59. The zero-order valence-electron chi connectivity index (χ0n) is 14.1. The fourth-order valence-corrected chi connectivity index (χ4v) is 1.83. The van der Waals surface area contributed by atoms with Crippen molar-refractivity contribution in [1.82, 2.24) is 5.32 Å². The molecule has 1 atom stereocenters. The minimum atomic E-state index is -1.07. The summed E-state index contributed by atoms with van der Waals surface area (Å²) in [6.07, 6.45) is -0.819. The van der Waals surface area contributed by atoms with Gasteiger partial charge in [-0.15, -0.1) is 0 Å². The van der Waals surface area contributed by atoms with Crippen LogP contribution in [0.2, 0.25) is 0 Å². The zero-order chi connectivity index (χ0) is 18.2. The molecule has 1 amide bonds. The average molecular weight is 337 g/mol. The van der Waals surface area contributed by atoms with E-state index in [1.807, 2.05) is 30.3 Å². The Morgan fingerprint density at radius 3 is 2.33 bits per heavy atom. The van der Waals surface area contributed by atoms with Crippen molar-refractivity contribution >= 4 is 18.0 Å². The van der Waals surface area contributed by atoms with E-state index in [9.17, 15) is 14.4 Å². The van der Waals surface area contributed by atoms with Crippen molar-refractivity contribution in [2.24, 2.45) is 0 Å². The minimum Gasteiger partial charge on any atom is -0.481 e. The van der Waals surface area contributed by atoms with Crippen LogP contribution < -0.4 is 5.32 Å². The Balaban J connectivity index is 2.73. The van der Waals surface area contributed by atoms with Crippen molar-refractivity contribution in [3.8, 4) is 0 Å². The number of amides is 1. The molecule has 1 rings (SSSR count). The van der Waals surface area contributed by atoms with Gasteiger partial charge in [-0.05, 0) is 26.3 Å². The van der Waals surface area contributed by atoms with E-state index < -0.39 is 29.7 Å². The fraction of sp³-hybridized carbons (Fsp3) is 0.471. The molecule has 0 bridgehead atoms. The number of rotatable bonds is 7. The summed E-state index contributed by atoms with van der Waals surface area (Å²) in [5.74, 6) is -1.77. The van der Waals surface area contributed by atoms with Gasteiger partial charge in [-0.2, -0.15) is 0 Å². The number of aliphatic carboxylic acids is 1. The first-order valence-corrected chi connectivity index (χ1v) is 7.59. The molecule has 0 aliphatic carbocycles. The Kier molecular flexibility index (Phi) is 7.23. The van der Waals surface area contributed by atoms with Gasteiger partial charge >= 0.3 is 18.0 Å². The Hall–Kier alpha value is -2.57. The largest absolute Gasteiger partial charge is 0.481 e. The fourth-order valence-electron chi connectivity index (χ4n) is 1.83. The highest BCUT2D eigenvalue weighted by molar-refractivity contribution is 5.82. The molecule has 132 valence electrons. The number of carboxylic acids is 1. The van der Waals surface area contributed by atoms with E-state index in [0.29, 0.717) is 0 Å². The molecule has 0 unspecified atom stereocenters. The highest BCUT2D eigenvalue weighted by Crippen LogP contribution is 2.09. The highest BCUT2D eigenvalue weighted by atomic mass is 16.6. The number of hydrogen-bond acceptors (Lipinski definition) is 5. The minimum absolute atomic E-state index is 0.214.